The molecule has 21 heavy (non-hydrogen) atoms. The molecule has 0 aliphatic rings. The van der Waals surface area contributed by atoms with Gasteiger partial charge in [-0.3, -0.25) is 0 Å². The summed E-state index contributed by atoms with van der Waals surface area (Å²) in [7, 11) is 0. The van der Waals surface area contributed by atoms with Crippen LogP contribution in [-0.2, 0) is 13.0 Å². The van der Waals surface area contributed by atoms with Crippen molar-refractivity contribution in [1.82, 2.24) is 14.8 Å². The van der Waals surface area contributed by atoms with Gasteiger partial charge in [-0.2, -0.15) is 5.10 Å². The van der Waals surface area contributed by atoms with Gasteiger partial charge in [0.2, 0.25) is 0 Å². The quantitative estimate of drug-likeness (QED) is 0.863. The molecule has 4 nitrogen and oxygen atoms in total. The molecule has 1 heterocycles. The van der Waals surface area contributed by atoms with Gasteiger partial charge in [0.25, 0.3) is 0 Å². The van der Waals surface area contributed by atoms with Crippen LogP contribution >= 0.6 is 11.6 Å². The summed E-state index contributed by atoms with van der Waals surface area (Å²) in [6.45, 7) is 4.80. The lowest BCUT2D eigenvalue weighted by Crippen LogP contribution is -2.19. The SMILES string of the molecule is CC(C)Cn1ncnc1CC(N)c1cc(F)c(Cl)cc1F. The van der Waals surface area contributed by atoms with E-state index in [-0.39, 0.29) is 17.0 Å². The number of nitrogens with two attached hydrogens (primary N) is 1. The third-order valence-electron chi connectivity index (χ3n) is 3.08. The predicted molar refractivity (Wildman–Crippen MR) is 76.9 cm³/mol. The summed E-state index contributed by atoms with van der Waals surface area (Å²) in [5.74, 6) is -0.270. The molecule has 1 aromatic heterocycles. The molecule has 1 aromatic carbocycles. The Morgan fingerprint density at radius 2 is 2.00 bits per heavy atom. The van der Waals surface area contributed by atoms with E-state index in [1.807, 2.05) is 0 Å². The van der Waals surface area contributed by atoms with Gasteiger partial charge in [-0.1, -0.05) is 25.4 Å². The molecule has 0 bridgehead atoms. The second kappa shape index (κ2) is 6.49. The Morgan fingerprint density at radius 1 is 1.29 bits per heavy atom. The van der Waals surface area contributed by atoms with E-state index < -0.39 is 17.7 Å². The van der Waals surface area contributed by atoms with Gasteiger partial charge in [0, 0.05) is 24.6 Å². The van der Waals surface area contributed by atoms with Crippen LogP contribution < -0.4 is 5.73 Å². The summed E-state index contributed by atoms with van der Waals surface area (Å²) in [5.41, 5.74) is 6.05. The van der Waals surface area contributed by atoms with E-state index in [0.717, 1.165) is 12.1 Å². The Bertz CT molecular complexity index is 627. The van der Waals surface area contributed by atoms with Crippen LogP contribution in [0.25, 0.3) is 0 Å². The first-order valence-electron chi connectivity index (χ1n) is 6.65. The smallest absolute Gasteiger partial charge is 0.142 e. The van der Waals surface area contributed by atoms with Crippen LogP contribution in [0.5, 0.6) is 0 Å². The van der Waals surface area contributed by atoms with Crippen molar-refractivity contribution in [2.24, 2.45) is 11.7 Å². The molecule has 0 radical (unpaired) electrons. The van der Waals surface area contributed by atoms with Crippen LogP contribution in [0.1, 0.15) is 31.3 Å². The van der Waals surface area contributed by atoms with E-state index in [1.54, 1.807) is 4.68 Å². The Kier molecular flexibility index (Phi) is 4.90. The van der Waals surface area contributed by atoms with Crippen LogP contribution in [0.4, 0.5) is 8.78 Å². The largest absolute Gasteiger partial charge is 0.323 e. The van der Waals surface area contributed by atoms with Gasteiger partial charge in [-0.05, 0) is 18.1 Å². The van der Waals surface area contributed by atoms with Crippen LogP contribution in [-0.4, -0.2) is 14.8 Å². The van der Waals surface area contributed by atoms with E-state index in [9.17, 15) is 8.78 Å². The minimum atomic E-state index is -0.716. The molecule has 0 saturated carbocycles. The van der Waals surface area contributed by atoms with E-state index in [0.29, 0.717) is 18.3 Å². The third-order valence-corrected chi connectivity index (χ3v) is 3.37. The molecular formula is C14H17ClF2N4. The number of rotatable bonds is 5. The molecule has 7 heteroatoms. The summed E-state index contributed by atoms with van der Waals surface area (Å²) in [5, 5.41) is 3.86. The number of hydrogen-bond acceptors (Lipinski definition) is 3. The van der Waals surface area contributed by atoms with Crippen LogP contribution in [0.15, 0.2) is 18.5 Å². The molecule has 1 unspecified atom stereocenters. The number of benzene rings is 1. The third kappa shape index (κ3) is 3.77. The standard InChI is InChI=1S/C14H17ClF2N4/c1-8(2)6-21-14(19-7-20-21)5-13(18)9-3-12(17)10(15)4-11(9)16/h3-4,7-8,13H,5-6,18H2,1-2H3. The van der Waals surface area contributed by atoms with E-state index in [4.69, 9.17) is 17.3 Å². The number of aromatic nitrogens is 3. The summed E-state index contributed by atoms with van der Waals surface area (Å²) in [6, 6.07) is 1.25. The van der Waals surface area contributed by atoms with Crippen molar-refractivity contribution in [2.45, 2.75) is 32.9 Å². The van der Waals surface area contributed by atoms with Gasteiger partial charge in [0.15, 0.2) is 0 Å². The van der Waals surface area contributed by atoms with Gasteiger partial charge >= 0.3 is 0 Å². The van der Waals surface area contributed by atoms with Crippen LogP contribution in [0.2, 0.25) is 5.02 Å². The lowest BCUT2D eigenvalue weighted by atomic mass is 10.0. The Morgan fingerprint density at radius 3 is 2.67 bits per heavy atom. The highest BCUT2D eigenvalue weighted by atomic mass is 35.5. The fourth-order valence-corrected chi connectivity index (χ4v) is 2.22. The molecule has 2 rings (SSSR count). The summed E-state index contributed by atoms with van der Waals surface area (Å²) < 4.78 is 29.0. The van der Waals surface area contributed by atoms with Crippen LogP contribution in [0, 0.1) is 17.6 Å². The monoisotopic (exact) mass is 314 g/mol. The van der Waals surface area contributed by atoms with Crippen LogP contribution in [0.3, 0.4) is 0 Å². The Labute approximate surface area is 126 Å². The van der Waals surface area contributed by atoms with E-state index >= 15 is 0 Å². The normalized spacial score (nSPS) is 12.9. The van der Waals surface area contributed by atoms with Gasteiger partial charge in [-0.25, -0.2) is 18.4 Å². The number of nitrogens with zero attached hydrogens (tertiary/aromatic N) is 3. The maximum atomic E-state index is 13.8. The van der Waals surface area contributed by atoms with E-state index in [2.05, 4.69) is 23.9 Å². The van der Waals surface area contributed by atoms with Gasteiger partial charge < -0.3 is 5.73 Å². The minimum Gasteiger partial charge on any atom is -0.323 e. The fourth-order valence-electron chi connectivity index (χ4n) is 2.07. The van der Waals surface area contributed by atoms with Crippen molar-refractivity contribution >= 4 is 11.6 Å². The average molecular weight is 315 g/mol. The molecule has 0 aliphatic heterocycles. The zero-order valence-electron chi connectivity index (χ0n) is 11.9. The minimum absolute atomic E-state index is 0.0796. The molecule has 2 aromatic rings. The lowest BCUT2D eigenvalue weighted by Gasteiger charge is -2.15. The Hall–Kier alpha value is -1.53. The molecule has 114 valence electrons. The predicted octanol–water partition coefficient (Wildman–Crippen LogP) is 3.11. The van der Waals surface area contributed by atoms with Crippen molar-refractivity contribution in [1.29, 1.82) is 0 Å². The molecule has 1 atom stereocenters. The molecule has 0 amide bonds. The zero-order chi connectivity index (χ0) is 15.6. The highest BCUT2D eigenvalue weighted by Gasteiger charge is 2.18. The fraction of sp³-hybridized carbons (Fsp3) is 0.429. The molecular weight excluding hydrogens is 298 g/mol. The maximum absolute atomic E-state index is 13.8. The first-order chi connectivity index (χ1) is 9.88. The highest BCUT2D eigenvalue weighted by Crippen LogP contribution is 2.24. The first kappa shape index (κ1) is 15.9. The molecule has 0 aliphatic carbocycles. The highest BCUT2D eigenvalue weighted by molar-refractivity contribution is 6.30. The van der Waals surface area contributed by atoms with Gasteiger partial charge in [0.1, 0.15) is 23.8 Å². The van der Waals surface area contributed by atoms with Crippen molar-refractivity contribution in [3.63, 3.8) is 0 Å². The Balaban J connectivity index is 2.20. The second-order valence-electron chi connectivity index (χ2n) is 5.35. The van der Waals surface area contributed by atoms with Gasteiger partial charge in [0.05, 0.1) is 5.02 Å². The van der Waals surface area contributed by atoms with Crippen molar-refractivity contribution < 1.29 is 8.78 Å². The van der Waals surface area contributed by atoms with Crippen molar-refractivity contribution in [3.05, 3.63) is 46.5 Å². The maximum Gasteiger partial charge on any atom is 0.142 e. The lowest BCUT2D eigenvalue weighted by molar-refractivity contribution is 0.457. The number of halogens is 3. The topological polar surface area (TPSA) is 56.7 Å². The van der Waals surface area contributed by atoms with Crippen molar-refractivity contribution in [2.75, 3.05) is 0 Å². The van der Waals surface area contributed by atoms with Gasteiger partial charge in [-0.15, -0.1) is 0 Å². The summed E-state index contributed by atoms with van der Waals surface area (Å²) in [4.78, 5) is 4.13. The van der Waals surface area contributed by atoms with E-state index in [1.165, 1.54) is 6.33 Å². The number of hydrogen-bond donors (Lipinski definition) is 1. The average Bonchev–Trinajstić information content (AvgIpc) is 2.80. The molecule has 0 saturated heterocycles. The molecule has 2 N–H and O–H groups in total. The zero-order valence-corrected chi connectivity index (χ0v) is 12.6. The summed E-state index contributed by atoms with van der Waals surface area (Å²) in [6.07, 6.45) is 1.70. The second-order valence-corrected chi connectivity index (χ2v) is 5.76. The molecule has 0 spiro atoms. The van der Waals surface area contributed by atoms with Crippen molar-refractivity contribution in [3.8, 4) is 0 Å². The summed E-state index contributed by atoms with van der Waals surface area (Å²) >= 11 is 5.53. The first-order valence-corrected chi connectivity index (χ1v) is 7.03. The molecule has 0 fully saturated rings.